The Kier molecular flexibility index (Phi) is 4.06. The maximum absolute atomic E-state index is 12.2. The van der Waals surface area contributed by atoms with Gasteiger partial charge in [-0.3, -0.25) is 9.59 Å². The van der Waals surface area contributed by atoms with Gasteiger partial charge in [-0.25, -0.2) is 4.98 Å². The topological polar surface area (TPSA) is 74.8 Å². The molecule has 1 aromatic heterocycles. The molecule has 5 nitrogen and oxygen atoms in total. The zero-order valence-corrected chi connectivity index (χ0v) is 13.8. The summed E-state index contributed by atoms with van der Waals surface area (Å²) in [5, 5.41) is 2.92. The number of H-pyrrole nitrogens is 1. The number of aromatic amines is 1. The molecule has 1 amide bonds. The molecule has 0 saturated heterocycles. The summed E-state index contributed by atoms with van der Waals surface area (Å²) in [5.74, 6) is -0.104. The highest BCUT2D eigenvalue weighted by molar-refractivity contribution is 5.91. The van der Waals surface area contributed by atoms with E-state index < -0.39 is 0 Å². The molecule has 0 spiro atoms. The molecule has 0 atom stereocenters. The summed E-state index contributed by atoms with van der Waals surface area (Å²) in [7, 11) is 0. The van der Waals surface area contributed by atoms with Crippen LogP contribution in [0.4, 0.5) is 5.69 Å². The Bertz CT molecular complexity index is 1010. The first-order chi connectivity index (χ1) is 12.2. The van der Waals surface area contributed by atoms with Gasteiger partial charge in [-0.15, -0.1) is 0 Å². The minimum Gasteiger partial charge on any atom is -0.326 e. The van der Waals surface area contributed by atoms with Gasteiger partial charge in [-0.2, -0.15) is 0 Å². The molecule has 0 unspecified atom stereocenters. The van der Waals surface area contributed by atoms with E-state index in [2.05, 4.69) is 27.4 Å². The number of para-hydroxylation sites is 2. The lowest BCUT2D eigenvalue weighted by Gasteiger charge is -2.07. The van der Waals surface area contributed by atoms with Gasteiger partial charge in [0.05, 0.1) is 11.0 Å². The average molecular weight is 333 g/mol. The van der Waals surface area contributed by atoms with Gasteiger partial charge < -0.3 is 10.3 Å². The maximum atomic E-state index is 12.2. The number of aromatic nitrogens is 2. The van der Waals surface area contributed by atoms with Crippen LogP contribution in [0.2, 0.25) is 0 Å². The number of anilines is 1. The quantitative estimate of drug-likeness (QED) is 0.771. The molecule has 0 fully saturated rings. The van der Waals surface area contributed by atoms with Crippen LogP contribution in [0.25, 0.3) is 11.0 Å². The van der Waals surface area contributed by atoms with Crippen molar-refractivity contribution in [3.63, 3.8) is 0 Å². The van der Waals surface area contributed by atoms with E-state index in [0.717, 1.165) is 24.0 Å². The summed E-state index contributed by atoms with van der Waals surface area (Å²) in [4.78, 5) is 31.5. The molecule has 25 heavy (non-hydrogen) atoms. The molecule has 5 heteroatoms. The first-order valence-corrected chi connectivity index (χ1v) is 8.59. The van der Waals surface area contributed by atoms with E-state index in [1.165, 1.54) is 17.5 Å². The van der Waals surface area contributed by atoms with Crippen molar-refractivity contribution >= 4 is 22.6 Å². The van der Waals surface area contributed by atoms with Crippen LogP contribution in [-0.4, -0.2) is 15.9 Å². The van der Waals surface area contributed by atoms with E-state index >= 15 is 0 Å². The third-order valence-electron chi connectivity index (χ3n) is 4.64. The predicted octanol–water partition coefficient (Wildman–Crippen LogP) is 2.98. The number of nitrogens with one attached hydrogen (secondary N) is 2. The van der Waals surface area contributed by atoms with Crippen molar-refractivity contribution in [2.75, 3.05) is 5.32 Å². The van der Waals surface area contributed by atoms with Gasteiger partial charge in [0.2, 0.25) is 5.91 Å². The Balaban J connectivity index is 1.43. The number of carbonyl (C=O) groups excluding carboxylic acids is 1. The van der Waals surface area contributed by atoms with E-state index in [1.807, 2.05) is 30.3 Å². The van der Waals surface area contributed by atoms with Gasteiger partial charge in [0.25, 0.3) is 5.56 Å². The van der Waals surface area contributed by atoms with Gasteiger partial charge in [0.1, 0.15) is 5.69 Å². The molecule has 2 aromatic carbocycles. The highest BCUT2D eigenvalue weighted by Crippen LogP contribution is 2.24. The number of amides is 1. The standard InChI is InChI=1S/C20H19N3O2/c24-19(21-15-9-8-13-4-3-5-14(13)12-15)11-10-18-20(25)23-17-7-2-1-6-16(17)22-18/h1-2,6-9,12H,3-5,10-11H2,(H,21,24)(H,23,25). The number of carbonyl (C=O) groups is 1. The van der Waals surface area contributed by atoms with Crippen molar-refractivity contribution in [2.45, 2.75) is 32.1 Å². The Labute approximate surface area is 145 Å². The smallest absolute Gasteiger partial charge is 0.270 e. The number of aryl methyl sites for hydroxylation is 3. The monoisotopic (exact) mass is 333 g/mol. The van der Waals surface area contributed by atoms with E-state index in [1.54, 1.807) is 0 Å². The second-order valence-electron chi connectivity index (χ2n) is 6.41. The van der Waals surface area contributed by atoms with Crippen LogP contribution in [0.1, 0.15) is 29.7 Å². The number of rotatable bonds is 4. The Hall–Kier alpha value is -2.95. The van der Waals surface area contributed by atoms with E-state index in [0.29, 0.717) is 17.6 Å². The Morgan fingerprint density at radius 3 is 2.88 bits per heavy atom. The number of benzene rings is 2. The highest BCUT2D eigenvalue weighted by Gasteiger charge is 2.12. The summed E-state index contributed by atoms with van der Waals surface area (Å²) < 4.78 is 0. The third kappa shape index (κ3) is 3.31. The van der Waals surface area contributed by atoms with Crippen molar-refractivity contribution in [1.29, 1.82) is 0 Å². The molecule has 4 rings (SSSR count). The normalized spacial score (nSPS) is 13.0. The fourth-order valence-electron chi connectivity index (χ4n) is 3.34. The van der Waals surface area contributed by atoms with Crippen LogP contribution in [0.3, 0.4) is 0 Å². The van der Waals surface area contributed by atoms with Gasteiger partial charge >= 0.3 is 0 Å². The highest BCUT2D eigenvalue weighted by atomic mass is 16.1. The van der Waals surface area contributed by atoms with Crippen LogP contribution in [0, 0.1) is 0 Å². The molecule has 1 aliphatic carbocycles. The van der Waals surface area contributed by atoms with E-state index in [9.17, 15) is 9.59 Å². The predicted molar refractivity (Wildman–Crippen MR) is 97.8 cm³/mol. The summed E-state index contributed by atoms with van der Waals surface area (Å²) in [6.07, 6.45) is 3.93. The van der Waals surface area contributed by atoms with Crippen molar-refractivity contribution in [3.05, 3.63) is 69.6 Å². The minimum absolute atomic E-state index is 0.104. The Morgan fingerprint density at radius 2 is 1.96 bits per heavy atom. The molecule has 2 N–H and O–H groups in total. The zero-order valence-electron chi connectivity index (χ0n) is 13.8. The lowest BCUT2D eigenvalue weighted by molar-refractivity contribution is -0.116. The van der Waals surface area contributed by atoms with Gasteiger partial charge in [-0.1, -0.05) is 18.2 Å². The fraction of sp³-hybridized carbons (Fsp3) is 0.250. The molecule has 1 heterocycles. The molecule has 0 radical (unpaired) electrons. The summed E-state index contributed by atoms with van der Waals surface area (Å²) in [6, 6.07) is 13.5. The number of hydrogen-bond donors (Lipinski definition) is 2. The largest absolute Gasteiger partial charge is 0.326 e. The number of hydrogen-bond acceptors (Lipinski definition) is 3. The van der Waals surface area contributed by atoms with E-state index in [4.69, 9.17) is 0 Å². The molecule has 0 saturated carbocycles. The van der Waals surface area contributed by atoms with Crippen molar-refractivity contribution < 1.29 is 4.79 Å². The van der Waals surface area contributed by atoms with Gasteiger partial charge in [-0.05, 0) is 54.7 Å². The SMILES string of the molecule is O=C(CCc1nc2ccccc2[nH]c1=O)Nc1ccc2c(c1)CCC2. The molecular formula is C20H19N3O2. The zero-order chi connectivity index (χ0) is 17.2. The summed E-state index contributed by atoms with van der Waals surface area (Å²) >= 11 is 0. The summed E-state index contributed by atoms with van der Waals surface area (Å²) in [6.45, 7) is 0. The molecule has 0 bridgehead atoms. The minimum atomic E-state index is -0.232. The van der Waals surface area contributed by atoms with Crippen molar-refractivity contribution in [1.82, 2.24) is 9.97 Å². The van der Waals surface area contributed by atoms with Crippen LogP contribution in [0.5, 0.6) is 0 Å². The van der Waals surface area contributed by atoms with Crippen molar-refractivity contribution in [2.24, 2.45) is 0 Å². The maximum Gasteiger partial charge on any atom is 0.270 e. The third-order valence-corrected chi connectivity index (χ3v) is 4.64. The second-order valence-corrected chi connectivity index (χ2v) is 6.41. The Morgan fingerprint density at radius 1 is 1.12 bits per heavy atom. The molecule has 126 valence electrons. The van der Waals surface area contributed by atoms with Crippen LogP contribution >= 0.6 is 0 Å². The van der Waals surface area contributed by atoms with Crippen LogP contribution < -0.4 is 10.9 Å². The van der Waals surface area contributed by atoms with Gasteiger partial charge in [0.15, 0.2) is 0 Å². The van der Waals surface area contributed by atoms with E-state index in [-0.39, 0.29) is 17.9 Å². The van der Waals surface area contributed by atoms with Crippen molar-refractivity contribution in [3.8, 4) is 0 Å². The lowest BCUT2D eigenvalue weighted by Crippen LogP contribution is -2.19. The summed E-state index contributed by atoms with van der Waals surface area (Å²) in [5.41, 5.74) is 5.13. The molecule has 0 aliphatic heterocycles. The molecular weight excluding hydrogens is 314 g/mol. The lowest BCUT2D eigenvalue weighted by atomic mass is 10.1. The molecule has 1 aliphatic rings. The average Bonchev–Trinajstić information content (AvgIpc) is 3.07. The van der Waals surface area contributed by atoms with Crippen LogP contribution in [-0.2, 0) is 24.1 Å². The number of fused-ring (bicyclic) bond motifs is 2. The molecule has 3 aromatic rings. The first kappa shape index (κ1) is 15.6. The first-order valence-electron chi connectivity index (χ1n) is 8.59. The van der Waals surface area contributed by atoms with Gasteiger partial charge in [0, 0.05) is 18.5 Å². The van der Waals surface area contributed by atoms with Crippen LogP contribution in [0.15, 0.2) is 47.3 Å². The fourth-order valence-corrected chi connectivity index (χ4v) is 3.34. The number of nitrogens with zero attached hydrogens (tertiary/aromatic N) is 1. The second kappa shape index (κ2) is 6.51.